The van der Waals surface area contributed by atoms with Gasteiger partial charge in [-0.05, 0) is 24.3 Å². The zero-order valence-corrected chi connectivity index (χ0v) is 12.0. The van der Waals surface area contributed by atoms with Crippen molar-refractivity contribution in [1.82, 2.24) is 9.71 Å². The van der Waals surface area contributed by atoms with Crippen LogP contribution in [0.5, 0.6) is 0 Å². The second-order valence-electron chi connectivity index (χ2n) is 4.49. The van der Waals surface area contributed by atoms with E-state index in [-0.39, 0.29) is 16.3 Å². The molecule has 0 fully saturated rings. The molecule has 1 aliphatic rings. The number of carbonyl (C=O) groups excluding carboxylic acids is 1. The van der Waals surface area contributed by atoms with E-state index in [1.54, 1.807) is 24.3 Å². The van der Waals surface area contributed by atoms with Gasteiger partial charge in [0, 0.05) is 11.8 Å². The van der Waals surface area contributed by atoms with Gasteiger partial charge in [-0.3, -0.25) is 9.52 Å². The van der Waals surface area contributed by atoms with E-state index in [1.807, 2.05) is 0 Å². The van der Waals surface area contributed by atoms with Gasteiger partial charge in [0.05, 0.1) is 4.90 Å². The summed E-state index contributed by atoms with van der Waals surface area (Å²) in [6, 6.07) is 10.8. The van der Waals surface area contributed by atoms with Crippen molar-refractivity contribution in [1.29, 1.82) is 0 Å². The van der Waals surface area contributed by atoms with E-state index in [1.165, 1.54) is 24.4 Å². The van der Waals surface area contributed by atoms with Crippen molar-refractivity contribution < 1.29 is 18.3 Å². The number of pyridine rings is 1. The Hall–Kier alpha value is -2.87. The summed E-state index contributed by atoms with van der Waals surface area (Å²) in [5.74, 6) is -0.987. The number of sulfonamides is 1. The summed E-state index contributed by atoms with van der Waals surface area (Å²) in [6.07, 6.45) is 1.48. The van der Waals surface area contributed by atoms with Crippen LogP contribution >= 0.6 is 0 Å². The molecule has 1 aromatic carbocycles. The smallest absolute Gasteiger partial charge is 0.277 e. The Morgan fingerprint density at radius 2 is 1.86 bits per heavy atom. The van der Waals surface area contributed by atoms with Crippen LogP contribution in [0.25, 0.3) is 5.76 Å². The number of aliphatic hydroxyl groups excluding tert-OH is 1. The summed E-state index contributed by atoms with van der Waals surface area (Å²) in [6.45, 7) is 0. The van der Waals surface area contributed by atoms with Gasteiger partial charge in [0.25, 0.3) is 15.9 Å². The minimum absolute atomic E-state index is 0.0763. The van der Waals surface area contributed by atoms with Gasteiger partial charge < -0.3 is 10.4 Å². The van der Waals surface area contributed by atoms with E-state index in [4.69, 9.17) is 0 Å². The predicted octanol–water partition coefficient (Wildman–Crippen LogP) is 1.24. The first-order valence-electron chi connectivity index (χ1n) is 6.27. The number of rotatable bonds is 2. The maximum absolute atomic E-state index is 12.2. The molecule has 8 heteroatoms. The lowest BCUT2D eigenvalue weighted by Crippen LogP contribution is -2.35. The molecule has 1 aliphatic heterocycles. The fraction of sp³-hybridized carbons (Fsp3) is 0. The Morgan fingerprint density at radius 3 is 2.59 bits per heavy atom. The maximum Gasteiger partial charge on any atom is 0.277 e. The third-order valence-electron chi connectivity index (χ3n) is 3.04. The highest BCUT2D eigenvalue weighted by Crippen LogP contribution is 2.28. The van der Waals surface area contributed by atoms with Crippen molar-refractivity contribution in [2.24, 2.45) is 0 Å². The second kappa shape index (κ2) is 5.15. The summed E-state index contributed by atoms with van der Waals surface area (Å²) in [5.41, 5.74) is -0.364. The number of nitrogens with zero attached hydrogens (tertiary/aromatic N) is 1. The van der Waals surface area contributed by atoms with Gasteiger partial charge in [0.15, 0.2) is 11.5 Å². The molecule has 0 atom stereocenters. The fourth-order valence-corrected chi connectivity index (χ4v) is 3.32. The largest absolute Gasteiger partial charge is 0.505 e. The number of carbonyl (C=O) groups is 1. The highest BCUT2D eigenvalue weighted by molar-refractivity contribution is 7.89. The van der Waals surface area contributed by atoms with Crippen LogP contribution in [0.2, 0.25) is 0 Å². The summed E-state index contributed by atoms with van der Waals surface area (Å²) < 4.78 is 26.3. The molecule has 0 unspecified atom stereocenters. The summed E-state index contributed by atoms with van der Waals surface area (Å²) >= 11 is 0. The standard InChI is InChI=1S/C14H11N3O4S/c18-13-9-5-1-2-6-10(9)22(20,21)17-12(13)14(19)16-11-7-3-4-8-15-11/h1-8,17-18H,(H,15,16,19). The lowest BCUT2D eigenvalue weighted by molar-refractivity contribution is -0.113. The number of nitrogens with one attached hydrogen (secondary N) is 2. The van der Waals surface area contributed by atoms with E-state index < -0.39 is 27.4 Å². The summed E-state index contributed by atoms with van der Waals surface area (Å²) in [4.78, 5) is 16.0. The van der Waals surface area contributed by atoms with E-state index in [9.17, 15) is 18.3 Å². The Morgan fingerprint density at radius 1 is 1.14 bits per heavy atom. The molecule has 22 heavy (non-hydrogen) atoms. The van der Waals surface area contributed by atoms with Crippen molar-refractivity contribution in [3.8, 4) is 0 Å². The molecule has 0 radical (unpaired) electrons. The van der Waals surface area contributed by atoms with Crippen LogP contribution in [0, 0.1) is 0 Å². The second-order valence-corrected chi connectivity index (χ2v) is 6.15. The van der Waals surface area contributed by atoms with Crippen LogP contribution in [0.1, 0.15) is 5.56 Å². The van der Waals surface area contributed by atoms with Crippen molar-refractivity contribution >= 4 is 27.5 Å². The molecule has 3 rings (SSSR count). The Bertz CT molecular complexity index is 876. The zero-order chi connectivity index (χ0) is 15.7. The van der Waals surface area contributed by atoms with Crippen LogP contribution in [0.15, 0.2) is 59.3 Å². The van der Waals surface area contributed by atoms with E-state index >= 15 is 0 Å². The topological polar surface area (TPSA) is 108 Å². The number of amides is 1. The van der Waals surface area contributed by atoms with Gasteiger partial charge in [0.2, 0.25) is 0 Å². The zero-order valence-electron chi connectivity index (χ0n) is 11.1. The lowest BCUT2D eigenvalue weighted by Gasteiger charge is -2.20. The molecule has 1 aromatic heterocycles. The molecule has 3 N–H and O–H groups in total. The van der Waals surface area contributed by atoms with Gasteiger partial charge in [-0.2, -0.15) is 0 Å². The molecule has 0 spiro atoms. The lowest BCUT2D eigenvalue weighted by atomic mass is 10.1. The van der Waals surface area contributed by atoms with E-state index in [0.717, 1.165) is 0 Å². The molecule has 112 valence electrons. The van der Waals surface area contributed by atoms with E-state index in [2.05, 4.69) is 15.0 Å². The third kappa shape index (κ3) is 2.40. The minimum Gasteiger partial charge on any atom is -0.505 e. The highest BCUT2D eigenvalue weighted by atomic mass is 32.2. The maximum atomic E-state index is 12.2. The number of hydrogen-bond donors (Lipinski definition) is 3. The normalized spacial score (nSPS) is 15.6. The molecule has 2 aromatic rings. The first-order valence-corrected chi connectivity index (χ1v) is 7.75. The SMILES string of the molecule is O=C(Nc1ccccn1)C1=C(O)c2ccccc2S(=O)(=O)N1. The fourth-order valence-electron chi connectivity index (χ4n) is 2.04. The Balaban J connectivity index is 2.02. The van der Waals surface area contributed by atoms with Crippen molar-refractivity contribution in [3.05, 3.63) is 59.9 Å². The highest BCUT2D eigenvalue weighted by Gasteiger charge is 2.32. The first kappa shape index (κ1) is 14.1. The molecular formula is C14H11N3O4S. The Labute approximate surface area is 126 Å². The molecule has 0 bridgehead atoms. The summed E-state index contributed by atoms with van der Waals surface area (Å²) in [5, 5.41) is 12.6. The van der Waals surface area contributed by atoms with Gasteiger partial charge in [-0.15, -0.1) is 0 Å². The van der Waals surface area contributed by atoms with Crippen LogP contribution in [-0.2, 0) is 14.8 Å². The van der Waals surface area contributed by atoms with Crippen LogP contribution < -0.4 is 10.0 Å². The molecule has 0 aliphatic carbocycles. The Kier molecular flexibility index (Phi) is 3.30. The number of aromatic nitrogens is 1. The van der Waals surface area contributed by atoms with Gasteiger partial charge in [-0.1, -0.05) is 18.2 Å². The van der Waals surface area contributed by atoms with Crippen LogP contribution in [0.3, 0.4) is 0 Å². The van der Waals surface area contributed by atoms with E-state index in [0.29, 0.717) is 0 Å². The van der Waals surface area contributed by atoms with Crippen LogP contribution in [0.4, 0.5) is 5.82 Å². The van der Waals surface area contributed by atoms with Crippen LogP contribution in [-0.4, -0.2) is 24.4 Å². The van der Waals surface area contributed by atoms with Gasteiger partial charge in [0.1, 0.15) is 5.82 Å². The summed E-state index contributed by atoms with van der Waals surface area (Å²) in [7, 11) is -3.91. The molecule has 1 amide bonds. The molecule has 0 saturated carbocycles. The number of hydrogen-bond acceptors (Lipinski definition) is 5. The van der Waals surface area contributed by atoms with Crippen molar-refractivity contribution in [3.63, 3.8) is 0 Å². The predicted molar refractivity (Wildman–Crippen MR) is 79.2 cm³/mol. The average molecular weight is 317 g/mol. The molecule has 0 saturated heterocycles. The first-order chi connectivity index (χ1) is 10.5. The average Bonchev–Trinajstić information content (AvgIpc) is 2.52. The van der Waals surface area contributed by atoms with Gasteiger partial charge >= 0.3 is 0 Å². The molecular weight excluding hydrogens is 306 g/mol. The monoisotopic (exact) mass is 317 g/mol. The minimum atomic E-state index is -3.91. The molecule has 7 nitrogen and oxygen atoms in total. The van der Waals surface area contributed by atoms with Crippen molar-refractivity contribution in [2.75, 3.05) is 5.32 Å². The third-order valence-corrected chi connectivity index (χ3v) is 4.45. The number of benzene rings is 1. The molecule has 2 heterocycles. The quantitative estimate of drug-likeness (QED) is 0.772. The number of anilines is 1. The number of aliphatic hydroxyl groups is 1. The van der Waals surface area contributed by atoms with Crippen molar-refractivity contribution in [2.45, 2.75) is 4.90 Å². The number of fused-ring (bicyclic) bond motifs is 1. The van der Waals surface area contributed by atoms with Gasteiger partial charge in [-0.25, -0.2) is 13.4 Å².